The molecular weight excluding hydrogens is 349 g/mol. The van der Waals surface area contributed by atoms with Gasteiger partial charge in [-0.25, -0.2) is 0 Å². The second-order valence-electron chi connectivity index (χ2n) is 3.42. The fourth-order valence-electron chi connectivity index (χ4n) is 1.34. The fraction of sp³-hybridized carbons (Fsp3) is 0. The maximum atomic E-state index is 9.84. The normalized spacial score (nSPS) is 10.9. The van der Waals surface area contributed by atoms with Gasteiger partial charge >= 0.3 is 0 Å². The van der Waals surface area contributed by atoms with Crippen molar-refractivity contribution in [2.24, 2.45) is 4.99 Å². The van der Waals surface area contributed by atoms with Crippen LogP contribution in [0.5, 0.6) is 5.75 Å². The van der Waals surface area contributed by atoms with Gasteiger partial charge in [0.25, 0.3) is 0 Å². The van der Waals surface area contributed by atoms with Gasteiger partial charge in [-0.1, -0.05) is 29.8 Å². The van der Waals surface area contributed by atoms with Crippen LogP contribution in [0.3, 0.4) is 0 Å². The summed E-state index contributed by atoms with van der Waals surface area (Å²) in [5.41, 5.74) is 1.45. The second kappa shape index (κ2) is 5.51. The van der Waals surface area contributed by atoms with Gasteiger partial charge in [-0.3, -0.25) is 4.99 Å². The SMILES string of the molecule is Oc1c(I)cc(Cl)cc1C=Nc1ccccc1. The van der Waals surface area contributed by atoms with E-state index in [1.807, 2.05) is 52.9 Å². The van der Waals surface area contributed by atoms with E-state index in [-0.39, 0.29) is 5.75 Å². The number of phenols is 1. The third-order valence-corrected chi connectivity index (χ3v) is 3.21. The number of aromatic hydroxyl groups is 1. The summed E-state index contributed by atoms with van der Waals surface area (Å²) in [5, 5.41) is 10.4. The Bertz CT molecular complexity index is 555. The minimum absolute atomic E-state index is 0.203. The van der Waals surface area contributed by atoms with Gasteiger partial charge in [0, 0.05) is 16.8 Å². The topological polar surface area (TPSA) is 32.6 Å². The molecule has 4 heteroatoms. The van der Waals surface area contributed by atoms with Crippen LogP contribution in [0.25, 0.3) is 0 Å². The van der Waals surface area contributed by atoms with E-state index >= 15 is 0 Å². The Kier molecular flexibility index (Phi) is 4.02. The van der Waals surface area contributed by atoms with Crippen LogP contribution in [0.4, 0.5) is 5.69 Å². The molecule has 2 nitrogen and oxygen atoms in total. The van der Waals surface area contributed by atoms with Crippen LogP contribution in [-0.2, 0) is 0 Å². The van der Waals surface area contributed by atoms with Crippen LogP contribution in [0.2, 0.25) is 5.02 Å². The van der Waals surface area contributed by atoms with Crippen LogP contribution in [0, 0.1) is 3.57 Å². The Labute approximate surface area is 118 Å². The molecule has 1 N–H and O–H groups in total. The molecule has 0 amide bonds. The van der Waals surface area contributed by atoms with Crippen molar-refractivity contribution in [1.29, 1.82) is 0 Å². The average Bonchev–Trinajstić information content (AvgIpc) is 2.33. The molecule has 0 aliphatic heterocycles. The molecule has 0 atom stereocenters. The lowest BCUT2D eigenvalue weighted by molar-refractivity contribution is 0.470. The summed E-state index contributed by atoms with van der Waals surface area (Å²) in [5.74, 6) is 0.203. The zero-order valence-electron chi connectivity index (χ0n) is 8.77. The van der Waals surface area contributed by atoms with Gasteiger partial charge in [0.15, 0.2) is 0 Å². The molecule has 0 heterocycles. The molecule has 86 valence electrons. The van der Waals surface area contributed by atoms with Gasteiger partial charge < -0.3 is 5.11 Å². The van der Waals surface area contributed by atoms with E-state index in [1.54, 1.807) is 18.3 Å². The smallest absolute Gasteiger partial charge is 0.137 e. The molecule has 2 rings (SSSR count). The van der Waals surface area contributed by atoms with E-state index < -0.39 is 0 Å². The van der Waals surface area contributed by atoms with Gasteiger partial charge in [0.1, 0.15) is 5.75 Å². The van der Waals surface area contributed by atoms with Crippen LogP contribution in [-0.4, -0.2) is 11.3 Å². The van der Waals surface area contributed by atoms with Crippen LogP contribution in [0.15, 0.2) is 47.5 Å². The van der Waals surface area contributed by atoms with Crippen molar-refractivity contribution in [3.8, 4) is 5.75 Å². The van der Waals surface area contributed by atoms with E-state index in [4.69, 9.17) is 11.6 Å². The van der Waals surface area contributed by atoms with E-state index in [1.165, 1.54) is 0 Å². The summed E-state index contributed by atoms with van der Waals surface area (Å²) in [4.78, 5) is 4.27. The lowest BCUT2D eigenvalue weighted by atomic mass is 10.2. The van der Waals surface area contributed by atoms with E-state index in [0.717, 1.165) is 5.69 Å². The number of aliphatic imine (C=N–C) groups is 1. The number of para-hydroxylation sites is 1. The third-order valence-electron chi connectivity index (χ3n) is 2.17. The van der Waals surface area contributed by atoms with E-state index in [0.29, 0.717) is 14.2 Å². The van der Waals surface area contributed by atoms with Crippen molar-refractivity contribution in [3.05, 3.63) is 56.6 Å². The zero-order valence-corrected chi connectivity index (χ0v) is 11.7. The molecule has 0 aliphatic carbocycles. The summed E-state index contributed by atoms with van der Waals surface area (Å²) in [6.07, 6.45) is 1.61. The number of nitrogens with zero attached hydrogens (tertiary/aromatic N) is 1. The fourth-order valence-corrected chi connectivity index (χ4v) is 2.40. The van der Waals surface area contributed by atoms with Gasteiger partial charge in [-0.05, 0) is 46.9 Å². The average molecular weight is 358 g/mol. The predicted molar refractivity (Wildman–Crippen MR) is 79.5 cm³/mol. The maximum Gasteiger partial charge on any atom is 0.137 e. The molecule has 0 radical (unpaired) electrons. The second-order valence-corrected chi connectivity index (χ2v) is 5.02. The van der Waals surface area contributed by atoms with Gasteiger partial charge in [0.2, 0.25) is 0 Å². The Balaban J connectivity index is 2.33. The van der Waals surface area contributed by atoms with E-state index in [2.05, 4.69) is 4.99 Å². The molecule has 0 spiro atoms. The largest absolute Gasteiger partial charge is 0.506 e. The molecule has 2 aromatic carbocycles. The Hall–Kier alpha value is -1.07. The quantitative estimate of drug-likeness (QED) is 0.627. The number of hydrogen-bond acceptors (Lipinski definition) is 2. The van der Waals surface area contributed by atoms with Crippen molar-refractivity contribution < 1.29 is 5.11 Å². The van der Waals surface area contributed by atoms with Crippen molar-refractivity contribution in [2.75, 3.05) is 0 Å². The zero-order chi connectivity index (χ0) is 12.3. The highest BCUT2D eigenvalue weighted by atomic mass is 127. The van der Waals surface area contributed by atoms with Crippen LogP contribution in [0.1, 0.15) is 5.56 Å². The van der Waals surface area contributed by atoms with Gasteiger partial charge in [0.05, 0.1) is 9.26 Å². The van der Waals surface area contributed by atoms with Gasteiger partial charge in [-0.15, -0.1) is 0 Å². The van der Waals surface area contributed by atoms with Crippen molar-refractivity contribution in [3.63, 3.8) is 0 Å². The molecule has 0 saturated carbocycles. The van der Waals surface area contributed by atoms with Gasteiger partial charge in [-0.2, -0.15) is 0 Å². The summed E-state index contributed by atoms with van der Waals surface area (Å²) in [6, 6.07) is 12.9. The number of rotatable bonds is 2. The highest BCUT2D eigenvalue weighted by Crippen LogP contribution is 2.27. The monoisotopic (exact) mass is 357 g/mol. The van der Waals surface area contributed by atoms with Crippen LogP contribution >= 0.6 is 34.2 Å². The lowest BCUT2D eigenvalue weighted by Crippen LogP contribution is -1.85. The highest BCUT2D eigenvalue weighted by Gasteiger charge is 2.05. The number of phenolic OH excluding ortho intramolecular Hbond substituents is 1. The predicted octanol–water partition coefficient (Wildman–Crippen LogP) is 4.40. The number of hydrogen-bond donors (Lipinski definition) is 1. The summed E-state index contributed by atoms with van der Waals surface area (Å²) < 4.78 is 0.713. The molecule has 2 aromatic rings. The lowest BCUT2D eigenvalue weighted by Gasteiger charge is -2.02. The Morgan fingerprint density at radius 2 is 1.88 bits per heavy atom. The van der Waals surface area contributed by atoms with Crippen molar-refractivity contribution >= 4 is 46.1 Å². The summed E-state index contributed by atoms with van der Waals surface area (Å²) in [7, 11) is 0. The molecule has 0 fully saturated rings. The molecule has 0 aromatic heterocycles. The first-order chi connectivity index (χ1) is 8.16. The minimum Gasteiger partial charge on any atom is -0.506 e. The van der Waals surface area contributed by atoms with E-state index in [9.17, 15) is 5.11 Å². The molecule has 0 unspecified atom stereocenters. The Morgan fingerprint density at radius 1 is 1.18 bits per heavy atom. The first-order valence-corrected chi connectivity index (χ1v) is 6.39. The Morgan fingerprint density at radius 3 is 2.59 bits per heavy atom. The summed E-state index contributed by atoms with van der Waals surface area (Å²) in [6.45, 7) is 0. The molecule has 0 saturated heterocycles. The molecule has 17 heavy (non-hydrogen) atoms. The number of halogens is 2. The molecule has 0 bridgehead atoms. The first-order valence-electron chi connectivity index (χ1n) is 4.94. The maximum absolute atomic E-state index is 9.84. The third kappa shape index (κ3) is 3.20. The standard InChI is InChI=1S/C13H9ClINO/c14-10-6-9(13(17)12(15)7-10)8-16-11-4-2-1-3-5-11/h1-8,17H. The molecular formula is C13H9ClINO. The highest BCUT2D eigenvalue weighted by molar-refractivity contribution is 14.1. The minimum atomic E-state index is 0.203. The summed E-state index contributed by atoms with van der Waals surface area (Å²) >= 11 is 7.96. The molecule has 0 aliphatic rings. The number of benzene rings is 2. The first kappa shape index (κ1) is 12.4. The van der Waals surface area contributed by atoms with Crippen LogP contribution < -0.4 is 0 Å². The van der Waals surface area contributed by atoms with Crippen molar-refractivity contribution in [1.82, 2.24) is 0 Å². The van der Waals surface area contributed by atoms with Crippen molar-refractivity contribution in [2.45, 2.75) is 0 Å².